The predicted octanol–water partition coefficient (Wildman–Crippen LogP) is 1.41. The highest BCUT2D eigenvalue weighted by molar-refractivity contribution is 5.86. The average molecular weight is 204 g/mol. The van der Waals surface area contributed by atoms with E-state index in [0.717, 1.165) is 11.0 Å². The molecule has 74 valence electrons. The third kappa shape index (κ3) is 0.865. The van der Waals surface area contributed by atoms with E-state index >= 15 is 0 Å². The van der Waals surface area contributed by atoms with Crippen LogP contribution < -0.4 is 10.6 Å². The Morgan fingerprint density at radius 3 is 2.88 bits per heavy atom. The molecule has 0 atom stereocenters. The smallest absolute Gasteiger partial charge is 0.0723 e. The third-order valence-corrected chi connectivity index (χ3v) is 3.09. The van der Waals surface area contributed by atoms with Gasteiger partial charge in [-0.3, -0.25) is 4.99 Å². The molecule has 0 aliphatic carbocycles. The van der Waals surface area contributed by atoms with E-state index in [1.165, 1.54) is 21.2 Å². The molecule has 0 bridgehead atoms. The zero-order valence-electron chi connectivity index (χ0n) is 8.51. The first-order valence-electron chi connectivity index (χ1n) is 5.28. The molecule has 0 unspecified atom stereocenters. The summed E-state index contributed by atoms with van der Waals surface area (Å²) in [6.45, 7) is 0. The van der Waals surface area contributed by atoms with E-state index in [0.29, 0.717) is 0 Å². The standard InChI is InChI=1S/C14H8N2/c1-2-4-12-10(3-1)14-11-8-15-7-9(11)5-6-13(14)16-12/h1-8H. The van der Waals surface area contributed by atoms with Crippen LogP contribution in [0.5, 0.6) is 0 Å². The van der Waals surface area contributed by atoms with Gasteiger partial charge in [-0.05, 0) is 12.1 Å². The summed E-state index contributed by atoms with van der Waals surface area (Å²) in [5, 5.41) is 4.71. The Morgan fingerprint density at radius 1 is 0.938 bits per heavy atom. The summed E-state index contributed by atoms with van der Waals surface area (Å²) in [7, 11) is 0. The number of nitrogens with zero attached hydrogens (tertiary/aromatic N) is 2. The molecule has 0 fully saturated rings. The molecule has 0 radical (unpaired) electrons. The normalized spacial score (nSPS) is 13.8. The van der Waals surface area contributed by atoms with Gasteiger partial charge in [0.2, 0.25) is 0 Å². The molecular formula is C14H8N2. The molecule has 0 amide bonds. The SMILES string of the molecule is C1=NC=c2c1ccc1c2=c2ccccc2=N1. The molecule has 4 rings (SSSR count). The third-order valence-electron chi connectivity index (χ3n) is 3.09. The van der Waals surface area contributed by atoms with Gasteiger partial charge in [0.15, 0.2) is 0 Å². The van der Waals surface area contributed by atoms with Crippen molar-refractivity contribution in [1.82, 2.24) is 0 Å². The lowest BCUT2D eigenvalue weighted by atomic mass is 10.1. The van der Waals surface area contributed by atoms with E-state index in [1.807, 2.05) is 18.5 Å². The van der Waals surface area contributed by atoms with Crippen LogP contribution >= 0.6 is 0 Å². The van der Waals surface area contributed by atoms with Crippen molar-refractivity contribution < 1.29 is 0 Å². The van der Waals surface area contributed by atoms with Crippen LogP contribution in [-0.2, 0) is 0 Å². The number of hydrogen-bond donors (Lipinski definition) is 0. The van der Waals surface area contributed by atoms with Crippen LogP contribution in [0, 0.1) is 10.4 Å². The lowest BCUT2D eigenvalue weighted by Crippen LogP contribution is -2.07. The zero-order valence-corrected chi connectivity index (χ0v) is 8.51. The van der Waals surface area contributed by atoms with E-state index < -0.39 is 0 Å². The molecule has 0 saturated heterocycles. The van der Waals surface area contributed by atoms with E-state index in [-0.39, 0.29) is 0 Å². The monoisotopic (exact) mass is 204 g/mol. The van der Waals surface area contributed by atoms with Gasteiger partial charge < -0.3 is 0 Å². The molecule has 2 aromatic rings. The Morgan fingerprint density at radius 2 is 1.88 bits per heavy atom. The van der Waals surface area contributed by atoms with Gasteiger partial charge in [-0.1, -0.05) is 24.3 Å². The molecule has 0 aromatic heterocycles. The first-order valence-corrected chi connectivity index (χ1v) is 5.28. The largest absolute Gasteiger partial charge is 0.263 e. The molecule has 2 aliphatic heterocycles. The number of fused-ring (bicyclic) bond motifs is 4. The van der Waals surface area contributed by atoms with Gasteiger partial charge >= 0.3 is 0 Å². The van der Waals surface area contributed by atoms with Crippen molar-refractivity contribution in [1.29, 1.82) is 0 Å². The van der Waals surface area contributed by atoms with Gasteiger partial charge in [0.25, 0.3) is 0 Å². The summed E-state index contributed by atoms with van der Waals surface area (Å²) in [4.78, 5) is 8.83. The van der Waals surface area contributed by atoms with Gasteiger partial charge in [0, 0.05) is 33.6 Å². The number of hydrogen-bond acceptors (Lipinski definition) is 2. The fourth-order valence-corrected chi connectivity index (χ4v) is 2.36. The molecule has 0 saturated carbocycles. The summed E-state index contributed by atoms with van der Waals surface area (Å²) < 4.78 is 0. The maximum Gasteiger partial charge on any atom is 0.0723 e. The van der Waals surface area contributed by atoms with E-state index in [1.54, 1.807) is 0 Å². The molecular weight excluding hydrogens is 196 g/mol. The summed E-state index contributed by atoms with van der Waals surface area (Å²) >= 11 is 0. The van der Waals surface area contributed by atoms with Crippen molar-refractivity contribution in [3.05, 3.63) is 63.0 Å². The fourth-order valence-electron chi connectivity index (χ4n) is 2.36. The van der Waals surface area contributed by atoms with Gasteiger partial charge in [-0.25, -0.2) is 4.99 Å². The average Bonchev–Trinajstić information content (AvgIpc) is 2.91. The molecule has 2 aliphatic rings. The molecule has 2 nitrogen and oxygen atoms in total. The minimum absolute atomic E-state index is 1.06. The van der Waals surface area contributed by atoms with Crippen molar-refractivity contribution >= 4 is 18.1 Å². The summed E-state index contributed by atoms with van der Waals surface area (Å²) in [5.41, 5.74) is 2.24. The number of benzene rings is 2. The molecule has 2 aromatic carbocycles. The Hall–Kier alpha value is -2.22. The Bertz CT molecular complexity index is 845. The minimum atomic E-state index is 1.06. The topological polar surface area (TPSA) is 24.7 Å². The highest BCUT2D eigenvalue weighted by atomic mass is 14.7. The van der Waals surface area contributed by atoms with Crippen molar-refractivity contribution in [3.8, 4) is 0 Å². The molecule has 0 spiro atoms. The van der Waals surface area contributed by atoms with E-state index in [2.05, 4.69) is 40.3 Å². The lowest BCUT2D eigenvalue weighted by Gasteiger charge is -1.93. The minimum Gasteiger partial charge on any atom is -0.263 e. The maximum atomic E-state index is 4.62. The van der Waals surface area contributed by atoms with Crippen LogP contribution in [0.15, 0.2) is 46.4 Å². The highest BCUT2D eigenvalue weighted by Gasteiger charge is 2.08. The molecule has 2 heteroatoms. The van der Waals surface area contributed by atoms with Crippen molar-refractivity contribution in [2.24, 2.45) is 9.98 Å². The van der Waals surface area contributed by atoms with E-state index in [4.69, 9.17) is 0 Å². The van der Waals surface area contributed by atoms with Crippen LogP contribution in [0.25, 0.3) is 6.20 Å². The lowest BCUT2D eigenvalue weighted by molar-refractivity contribution is 1.37. The predicted molar refractivity (Wildman–Crippen MR) is 63.1 cm³/mol. The first kappa shape index (κ1) is 7.99. The van der Waals surface area contributed by atoms with Gasteiger partial charge in [0.1, 0.15) is 0 Å². The van der Waals surface area contributed by atoms with Crippen LogP contribution in [-0.4, -0.2) is 6.21 Å². The van der Waals surface area contributed by atoms with Crippen molar-refractivity contribution in [2.45, 2.75) is 0 Å². The quantitative estimate of drug-likeness (QED) is 0.529. The second-order valence-electron chi connectivity index (χ2n) is 4.00. The number of rotatable bonds is 0. The fraction of sp³-hybridized carbons (Fsp3) is 0. The van der Waals surface area contributed by atoms with Crippen LogP contribution in [0.4, 0.5) is 5.69 Å². The Kier molecular flexibility index (Phi) is 1.33. The summed E-state index contributed by atoms with van der Waals surface area (Å²) in [6.07, 6.45) is 3.82. The zero-order chi connectivity index (χ0) is 10.5. The van der Waals surface area contributed by atoms with Crippen LogP contribution in [0.3, 0.4) is 0 Å². The summed E-state index contributed by atoms with van der Waals surface area (Å²) in [6, 6.07) is 12.4. The van der Waals surface area contributed by atoms with Crippen molar-refractivity contribution in [3.63, 3.8) is 0 Å². The number of aliphatic imine (C=N–C) groups is 1. The Labute approximate surface area is 91.6 Å². The molecule has 2 heterocycles. The molecule has 0 N–H and O–H groups in total. The van der Waals surface area contributed by atoms with Crippen LogP contribution in [0.2, 0.25) is 0 Å². The van der Waals surface area contributed by atoms with Crippen LogP contribution in [0.1, 0.15) is 5.56 Å². The van der Waals surface area contributed by atoms with Crippen molar-refractivity contribution in [2.75, 3.05) is 0 Å². The first-order chi connectivity index (χ1) is 7.93. The highest BCUT2D eigenvalue weighted by Crippen LogP contribution is 2.16. The van der Waals surface area contributed by atoms with Gasteiger partial charge in [-0.2, -0.15) is 0 Å². The van der Waals surface area contributed by atoms with E-state index in [9.17, 15) is 0 Å². The maximum absolute atomic E-state index is 4.62. The Balaban J connectivity index is 2.43. The molecule has 16 heavy (non-hydrogen) atoms. The summed E-state index contributed by atoms with van der Waals surface area (Å²) in [5.74, 6) is 0. The van der Waals surface area contributed by atoms with Gasteiger partial charge in [0.05, 0.1) is 11.0 Å². The number of para-hydroxylation sites is 1. The van der Waals surface area contributed by atoms with Gasteiger partial charge in [-0.15, -0.1) is 0 Å². The second kappa shape index (κ2) is 2.67. The second-order valence-corrected chi connectivity index (χ2v) is 4.00.